The molecule has 1 aromatic heterocycles. The third-order valence-electron chi connectivity index (χ3n) is 3.38. The lowest BCUT2D eigenvalue weighted by Gasteiger charge is -2.11. The minimum absolute atomic E-state index is 0.0344. The first-order valence-electron chi connectivity index (χ1n) is 7.58. The molecule has 22 heavy (non-hydrogen) atoms. The van der Waals surface area contributed by atoms with E-state index in [9.17, 15) is 4.79 Å². The molecule has 4 nitrogen and oxygen atoms in total. The van der Waals surface area contributed by atoms with E-state index in [0.29, 0.717) is 29.5 Å². The molecule has 1 N–H and O–H groups in total. The number of hydrogen-bond donors (Lipinski definition) is 1. The van der Waals surface area contributed by atoms with Gasteiger partial charge < -0.3 is 9.73 Å². The van der Waals surface area contributed by atoms with Crippen molar-refractivity contribution in [1.82, 2.24) is 10.3 Å². The van der Waals surface area contributed by atoms with Crippen molar-refractivity contribution in [2.75, 3.05) is 0 Å². The van der Waals surface area contributed by atoms with Crippen LogP contribution < -0.4 is 5.32 Å². The zero-order chi connectivity index (χ0) is 15.9. The van der Waals surface area contributed by atoms with Gasteiger partial charge in [-0.2, -0.15) is 0 Å². The Balaban J connectivity index is 1.87. The first kappa shape index (κ1) is 16.6. The number of benzene rings is 1. The maximum atomic E-state index is 11.8. The molecule has 0 aliphatic heterocycles. The Kier molecular flexibility index (Phi) is 6.01. The molecule has 0 bridgehead atoms. The van der Waals surface area contributed by atoms with Gasteiger partial charge in [0.2, 0.25) is 5.91 Å². The molecule has 0 saturated heterocycles. The Morgan fingerprint density at radius 3 is 2.77 bits per heavy atom. The average molecular weight is 321 g/mol. The van der Waals surface area contributed by atoms with Crippen molar-refractivity contribution in [3.05, 3.63) is 41.4 Å². The highest BCUT2D eigenvalue weighted by atomic mass is 35.5. The first-order chi connectivity index (χ1) is 10.6. The van der Waals surface area contributed by atoms with Crippen LogP contribution in [0.25, 0.3) is 11.3 Å². The monoisotopic (exact) mass is 320 g/mol. The van der Waals surface area contributed by atoms with Crippen molar-refractivity contribution in [2.24, 2.45) is 0 Å². The number of hydrogen-bond acceptors (Lipinski definition) is 3. The van der Waals surface area contributed by atoms with E-state index in [0.717, 1.165) is 18.4 Å². The summed E-state index contributed by atoms with van der Waals surface area (Å²) in [4.78, 5) is 16.0. The predicted octanol–water partition coefficient (Wildman–Crippen LogP) is 4.23. The van der Waals surface area contributed by atoms with Crippen molar-refractivity contribution in [3.63, 3.8) is 0 Å². The molecule has 0 spiro atoms. The summed E-state index contributed by atoms with van der Waals surface area (Å²) >= 11 is 5.86. The van der Waals surface area contributed by atoms with Crippen LogP contribution >= 0.6 is 11.6 Å². The molecule has 1 atom stereocenters. The van der Waals surface area contributed by atoms with E-state index < -0.39 is 0 Å². The molecule has 1 amide bonds. The maximum Gasteiger partial charge on any atom is 0.220 e. The van der Waals surface area contributed by atoms with Crippen LogP contribution in [0.15, 0.2) is 34.9 Å². The number of halogens is 1. The van der Waals surface area contributed by atoms with E-state index in [4.69, 9.17) is 16.0 Å². The number of aryl methyl sites for hydroxylation is 1. The lowest BCUT2D eigenvalue weighted by Crippen LogP contribution is -2.32. The van der Waals surface area contributed by atoms with Gasteiger partial charge in [-0.1, -0.05) is 24.9 Å². The second kappa shape index (κ2) is 7.99. The van der Waals surface area contributed by atoms with E-state index in [1.807, 2.05) is 31.2 Å². The standard InChI is InChI=1S/C17H21ClN2O2/c1-3-4-12(2)20-16(21)9-10-17-19-11-15(22-17)13-5-7-14(18)8-6-13/h5-8,11-12H,3-4,9-10H2,1-2H3,(H,20,21). The Labute approximate surface area is 135 Å². The molecule has 0 fully saturated rings. The van der Waals surface area contributed by atoms with Crippen molar-refractivity contribution in [1.29, 1.82) is 0 Å². The van der Waals surface area contributed by atoms with Crippen LogP contribution in [-0.2, 0) is 11.2 Å². The summed E-state index contributed by atoms with van der Waals surface area (Å²) in [5.74, 6) is 1.29. The smallest absolute Gasteiger partial charge is 0.220 e. The highest BCUT2D eigenvalue weighted by Crippen LogP contribution is 2.22. The lowest BCUT2D eigenvalue weighted by molar-refractivity contribution is -0.121. The summed E-state index contributed by atoms with van der Waals surface area (Å²) in [6.07, 6.45) is 4.61. The van der Waals surface area contributed by atoms with E-state index in [1.165, 1.54) is 0 Å². The Bertz CT molecular complexity index is 607. The molecule has 0 aliphatic rings. The molecule has 1 heterocycles. The second-order valence-electron chi connectivity index (χ2n) is 5.38. The van der Waals surface area contributed by atoms with Gasteiger partial charge in [0, 0.05) is 29.5 Å². The van der Waals surface area contributed by atoms with Crippen molar-refractivity contribution >= 4 is 17.5 Å². The number of amides is 1. The van der Waals surface area contributed by atoms with E-state index in [2.05, 4.69) is 17.2 Å². The number of rotatable bonds is 7. The van der Waals surface area contributed by atoms with Gasteiger partial charge in [0.15, 0.2) is 11.7 Å². The number of oxazole rings is 1. The summed E-state index contributed by atoms with van der Waals surface area (Å²) in [5.41, 5.74) is 0.921. The van der Waals surface area contributed by atoms with Gasteiger partial charge in [0.05, 0.1) is 6.20 Å². The third kappa shape index (κ3) is 4.88. The molecule has 5 heteroatoms. The van der Waals surface area contributed by atoms with Crippen LogP contribution in [0.4, 0.5) is 0 Å². The van der Waals surface area contributed by atoms with Gasteiger partial charge >= 0.3 is 0 Å². The minimum atomic E-state index is 0.0344. The molecule has 1 aromatic carbocycles. The SMILES string of the molecule is CCCC(C)NC(=O)CCc1ncc(-c2ccc(Cl)cc2)o1. The quantitative estimate of drug-likeness (QED) is 0.830. The van der Waals surface area contributed by atoms with Gasteiger partial charge in [0.1, 0.15) is 0 Å². The van der Waals surface area contributed by atoms with Crippen LogP contribution in [0.5, 0.6) is 0 Å². The van der Waals surface area contributed by atoms with Gasteiger partial charge in [-0.05, 0) is 37.6 Å². The molecule has 118 valence electrons. The van der Waals surface area contributed by atoms with Gasteiger partial charge in [-0.25, -0.2) is 4.98 Å². The van der Waals surface area contributed by atoms with Crippen molar-refractivity contribution in [2.45, 2.75) is 45.6 Å². The van der Waals surface area contributed by atoms with Crippen LogP contribution in [0.2, 0.25) is 5.02 Å². The molecular weight excluding hydrogens is 300 g/mol. The fraction of sp³-hybridized carbons (Fsp3) is 0.412. The lowest BCUT2D eigenvalue weighted by atomic mass is 10.2. The molecule has 0 saturated carbocycles. The summed E-state index contributed by atoms with van der Waals surface area (Å²) < 4.78 is 5.68. The summed E-state index contributed by atoms with van der Waals surface area (Å²) in [6.45, 7) is 4.12. The fourth-order valence-corrected chi connectivity index (χ4v) is 2.37. The Morgan fingerprint density at radius 2 is 2.09 bits per heavy atom. The van der Waals surface area contributed by atoms with Crippen LogP contribution in [0.1, 0.15) is 39.0 Å². The highest BCUT2D eigenvalue weighted by Gasteiger charge is 2.10. The Hall–Kier alpha value is -1.81. The molecule has 1 unspecified atom stereocenters. The third-order valence-corrected chi connectivity index (χ3v) is 3.63. The van der Waals surface area contributed by atoms with Gasteiger partial charge in [0.25, 0.3) is 0 Å². The predicted molar refractivity (Wildman–Crippen MR) is 87.8 cm³/mol. The fourth-order valence-electron chi connectivity index (χ4n) is 2.25. The van der Waals surface area contributed by atoms with Crippen molar-refractivity contribution < 1.29 is 9.21 Å². The maximum absolute atomic E-state index is 11.8. The highest BCUT2D eigenvalue weighted by molar-refractivity contribution is 6.30. The van der Waals surface area contributed by atoms with Crippen LogP contribution in [0.3, 0.4) is 0 Å². The second-order valence-corrected chi connectivity index (χ2v) is 5.82. The number of carbonyl (C=O) groups is 1. The number of nitrogens with zero attached hydrogens (tertiary/aromatic N) is 1. The van der Waals surface area contributed by atoms with Crippen LogP contribution in [-0.4, -0.2) is 16.9 Å². The average Bonchev–Trinajstić information content (AvgIpc) is 2.95. The van der Waals surface area contributed by atoms with E-state index in [-0.39, 0.29) is 11.9 Å². The minimum Gasteiger partial charge on any atom is -0.441 e. The summed E-state index contributed by atoms with van der Waals surface area (Å²) in [6, 6.07) is 7.59. The molecule has 2 rings (SSSR count). The number of nitrogens with one attached hydrogen (secondary N) is 1. The number of aromatic nitrogens is 1. The van der Waals surface area contributed by atoms with E-state index in [1.54, 1.807) is 6.20 Å². The van der Waals surface area contributed by atoms with Gasteiger partial charge in [-0.15, -0.1) is 0 Å². The normalized spacial score (nSPS) is 12.1. The van der Waals surface area contributed by atoms with Crippen molar-refractivity contribution in [3.8, 4) is 11.3 Å². The number of carbonyl (C=O) groups excluding carboxylic acids is 1. The largest absolute Gasteiger partial charge is 0.441 e. The summed E-state index contributed by atoms with van der Waals surface area (Å²) in [7, 11) is 0. The molecule has 0 radical (unpaired) electrons. The zero-order valence-corrected chi connectivity index (χ0v) is 13.7. The Morgan fingerprint density at radius 1 is 1.36 bits per heavy atom. The summed E-state index contributed by atoms with van der Waals surface area (Å²) in [5, 5.41) is 3.65. The van der Waals surface area contributed by atoms with E-state index >= 15 is 0 Å². The topological polar surface area (TPSA) is 55.1 Å². The molecule has 2 aromatic rings. The first-order valence-corrected chi connectivity index (χ1v) is 7.96. The molecular formula is C17H21ClN2O2. The molecule has 0 aliphatic carbocycles. The van der Waals surface area contributed by atoms with Crippen LogP contribution in [0, 0.1) is 0 Å². The zero-order valence-electron chi connectivity index (χ0n) is 12.9. The van der Waals surface area contributed by atoms with Gasteiger partial charge in [-0.3, -0.25) is 4.79 Å².